The van der Waals surface area contributed by atoms with Crippen LogP contribution in [-0.4, -0.2) is 41.3 Å². The number of hydrogen-bond donors (Lipinski definition) is 2. The molecule has 0 aliphatic carbocycles. The van der Waals surface area contributed by atoms with E-state index in [9.17, 15) is 18.3 Å². The molecule has 4 rings (SSSR count). The molecule has 11 heteroatoms. The highest BCUT2D eigenvalue weighted by molar-refractivity contribution is 7.91. The molecule has 1 fully saturated rings. The lowest BCUT2D eigenvalue weighted by atomic mass is 10.0. The molecule has 3 aromatic rings. The second kappa shape index (κ2) is 10.1. The van der Waals surface area contributed by atoms with Crippen LogP contribution in [0.2, 0.25) is 9.36 Å². The number of carbonyl (C=O) groups excluding carboxylic acids is 1. The maximum absolute atomic E-state index is 12.9. The van der Waals surface area contributed by atoms with Gasteiger partial charge in [-0.25, -0.2) is 8.42 Å². The molecule has 3 heterocycles. The van der Waals surface area contributed by atoms with E-state index in [1.165, 1.54) is 22.6 Å². The Kier molecular flexibility index (Phi) is 7.37. The van der Waals surface area contributed by atoms with Crippen molar-refractivity contribution in [2.24, 2.45) is 0 Å². The number of amides is 1. The topological polar surface area (TPSA) is 99.6 Å². The highest BCUT2D eigenvalue weighted by Gasteiger charge is 2.40. The minimum atomic E-state index is -3.78. The number of nitrogens with one attached hydrogen (secondary N) is 1. The lowest BCUT2D eigenvalue weighted by Gasteiger charge is -2.22. The Labute approximate surface area is 206 Å². The maximum atomic E-state index is 12.9. The molecule has 0 radical (unpaired) electrons. The highest BCUT2D eigenvalue weighted by Crippen LogP contribution is 2.32. The first kappa shape index (κ1) is 24.1. The van der Waals surface area contributed by atoms with Gasteiger partial charge in [-0.15, -0.1) is 11.3 Å². The van der Waals surface area contributed by atoms with Crippen LogP contribution in [0.5, 0.6) is 0 Å². The van der Waals surface area contributed by atoms with Crippen LogP contribution in [0.15, 0.2) is 59.1 Å². The van der Waals surface area contributed by atoms with Crippen molar-refractivity contribution in [1.82, 2.24) is 14.6 Å². The number of halogens is 2. The number of hydrogen-bond acceptors (Lipinski definition) is 6. The van der Waals surface area contributed by atoms with Crippen molar-refractivity contribution in [3.8, 4) is 0 Å². The average molecular weight is 526 g/mol. The molecule has 1 aromatic carbocycles. The second-order valence-corrected chi connectivity index (χ2v) is 11.9. The number of rotatable bonds is 7. The third-order valence-electron chi connectivity index (χ3n) is 5.42. The molecule has 33 heavy (non-hydrogen) atoms. The van der Waals surface area contributed by atoms with Crippen molar-refractivity contribution >= 4 is 50.5 Å². The quantitative estimate of drug-likeness (QED) is 0.485. The van der Waals surface area contributed by atoms with E-state index in [-0.39, 0.29) is 16.7 Å². The van der Waals surface area contributed by atoms with Crippen molar-refractivity contribution in [2.75, 3.05) is 6.54 Å². The lowest BCUT2D eigenvalue weighted by Crippen LogP contribution is -2.45. The zero-order valence-electron chi connectivity index (χ0n) is 17.3. The normalized spacial score (nSPS) is 17.7. The zero-order chi connectivity index (χ0) is 23.6. The van der Waals surface area contributed by atoms with E-state index in [0.29, 0.717) is 39.9 Å². The predicted octanol–water partition coefficient (Wildman–Crippen LogP) is 4.00. The Bertz CT molecular complexity index is 1250. The van der Waals surface area contributed by atoms with Gasteiger partial charge in [0.2, 0.25) is 5.91 Å². The van der Waals surface area contributed by atoms with E-state index >= 15 is 0 Å². The van der Waals surface area contributed by atoms with Gasteiger partial charge in [0.05, 0.1) is 9.36 Å². The van der Waals surface area contributed by atoms with E-state index in [4.69, 9.17) is 23.2 Å². The number of aliphatic hydroxyl groups is 1. The van der Waals surface area contributed by atoms with Gasteiger partial charge >= 0.3 is 0 Å². The van der Waals surface area contributed by atoms with E-state index < -0.39 is 22.2 Å². The van der Waals surface area contributed by atoms with Gasteiger partial charge in [-0.1, -0.05) is 47.5 Å². The van der Waals surface area contributed by atoms with Crippen LogP contribution in [0, 0.1) is 0 Å². The first-order chi connectivity index (χ1) is 15.8. The van der Waals surface area contributed by atoms with Gasteiger partial charge in [0.25, 0.3) is 10.0 Å². The van der Waals surface area contributed by atoms with Gasteiger partial charge in [0, 0.05) is 31.0 Å². The summed E-state index contributed by atoms with van der Waals surface area (Å²) in [6.45, 7) is 0.532. The molecular weight excluding hydrogens is 505 g/mol. The summed E-state index contributed by atoms with van der Waals surface area (Å²) in [6.07, 6.45) is 3.25. The fourth-order valence-electron chi connectivity index (χ4n) is 3.74. The van der Waals surface area contributed by atoms with Gasteiger partial charge < -0.3 is 10.4 Å². The summed E-state index contributed by atoms with van der Waals surface area (Å²) in [7, 11) is -3.78. The number of aromatic nitrogens is 1. The summed E-state index contributed by atoms with van der Waals surface area (Å²) in [6, 6.07) is 11.0. The lowest BCUT2D eigenvalue weighted by molar-refractivity contribution is -0.124. The number of pyridine rings is 1. The molecular formula is C22H21Cl2N3O4S2. The number of nitrogens with zero attached hydrogens (tertiary/aromatic N) is 2. The van der Waals surface area contributed by atoms with Crippen LogP contribution >= 0.6 is 34.5 Å². The van der Waals surface area contributed by atoms with Crippen molar-refractivity contribution in [3.05, 3.63) is 80.9 Å². The maximum Gasteiger partial charge on any atom is 0.253 e. The van der Waals surface area contributed by atoms with Gasteiger partial charge in [-0.3, -0.25) is 9.78 Å². The summed E-state index contributed by atoms with van der Waals surface area (Å²) in [5.41, 5.74) is 2.07. The number of carbonyl (C=O) groups is 1. The first-order valence-electron chi connectivity index (χ1n) is 10.2. The average Bonchev–Trinajstić information content (AvgIpc) is 3.47. The van der Waals surface area contributed by atoms with Gasteiger partial charge in [0.15, 0.2) is 0 Å². The molecule has 1 unspecified atom stereocenters. The molecule has 7 nitrogen and oxygen atoms in total. The molecule has 1 aliphatic heterocycles. The first-order valence-corrected chi connectivity index (χ1v) is 13.2. The Balaban J connectivity index is 1.39. The predicted molar refractivity (Wildman–Crippen MR) is 128 cm³/mol. The zero-order valence-corrected chi connectivity index (χ0v) is 20.5. The smallest absolute Gasteiger partial charge is 0.253 e. The number of benzene rings is 1. The van der Waals surface area contributed by atoms with Crippen molar-refractivity contribution in [3.63, 3.8) is 0 Å². The molecule has 2 N–H and O–H groups in total. The fraction of sp³-hybridized carbons (Fsp3) is 0.273. The Morgan fingerprint density at radius 2 is 1.94 bits per heavy atom. The summed E-state index contributed by atoms with van der Waals surface area (Å²) in [5, 5.41) is 13.8. The molecule has 0 saturated carbocycles. The standard InChI is InChI=1S/C22H21Cl2N3O4S2/c23-17-10-16(12-25-13-17)21(28)15-5-3-14(4-6-15)11-26-22(29)18-2-1-9-27(18)33(30,31)20-8-7-19(24)32-20/h3-8,10,12-13,18,21,28H,1-2,9,11H2,(H,26,29)/t18-,21?/m0/s1. The third-order valence-corrected chi connectivity index (χ3v) is 9.24. The fourth-order valence-corrected chi connectivity index (χ4v) is 7.19. The Morgan fingerprint density at radius 3 is 2.61 bits per heavy atom. The summed E-state index contributed by atoms with van der Waals surface area (Å²) >= 11 is 12.8. The minimum Gasteiger partial charge on any atom is -0.384 e. The summed E-state index contributed by atoms with van der Waals surface area (Å²) in [4.78, 5) is 16.8. The molecule has 2 aromatic heterocycles. The summed E-state index contributed by atoms with van der Waals surface area (Å²) < 4.78 is 27.6. The summed E-state index contributed by atoms with van der Waals surface area (Å²) in [5.74, 6) is -0.340. The van der Waals surface area contributed by atoms with Crippen LogP contribution in [0.4, 0.5) is 0 Å². The van der Waals surface area contributed by atoms with E-state index in [1.54, 1.807) is 36.5 Å². The van der Waals surface area contributed by atoms with Crippen LogP contribution in [-0.2, 0) is 21.4 Å². The van der Waals surface area contributed by atoms with Crippen LogP contribution < -0.4 is 5.32 Å². The Morgan fingerprint density at radius 1 is 1.18 bits per heavy atom. The van der Waals surface area contributed by atoms with Gasteiger partial charge in [-0.2, -0.15) is 4.31 Å². The van der Waals surface area contributed by atoms with E-state index in [2.05, 4.69) is 10.3 Å². The molecule has 1 saturated heterocycles. The number of aliphatic hydroxyl groups excluding tert-OH is 1. The Hall–Kier alpha value is -2.01. The SMILES string of the molecule is O=C(NCc1ccc(C(O)c2cncc(Cl)c2)cc1)[C@@H]1CCCN1S(=O)(=O)c1ccc(Cl)s1. The molecule has 174 valence electrons. The molecule has 1 aliphatic rings. The minimum absolute atomic E-state index is 0.135. The van der Waals surface area contributed by atoms with Crippen molar-refractivity contribution in [1.29, 1.82) is 0 Å². The van der Waals surface area contributed by atoms with Crippen LogP contribution in [0.25, 0.3) is 0 Å². The second-order valence-electron chi connectivity index (χ2n) is 7.63. The monoisotopic (exact) mass is 525 g/mol. The number of sulfonamides is 1. The highest BCUT2D eigenvalue weighted by atomic mass is 35.5. The number of thiophene rings is 1. The molecule has 1 amide bonds. The van der Waals surface area contributed by atoms with Crippen molar-refractivity contribution < 1.29 is 18.3 Å². The van der Waals surface area contributed by atoms with Crippen molar-refractivity contribution in [2.45, 2.75) is 35.7 Å². The van der Waals surface area contributed by atoms with Crippen LogP contribution in [0.1, 0.15) is 35.6 Å². The molecule has 0 bridgehead atoms. The largest absolute Gasteiger partial charge is 0.384 e. The van der Waals surface area contributed by atoms with Gasteiger partial charge in [-0.05, 0) is 42.2 Å². The third kappa shape index (κ3) is 5.40. The van der Waals surface area contributed by atoms with Crippen LogP contribution in [0.3, 0.4) is 0 Å². The van der Waals surface area contributed by atoms with Gasteiger partial charge in [0.1, 0.15) is 16.4 Å². The van der Waals surface area contributed by atoms with E-state index in [0.717, 1.165) is 16.9 Å². The molecule has 2 atom stereocenters. The molecule has 0 spiro atoms. The van der Waals surface area contributed by atoms with E-state index in [1.807, 2.05) is 0 Å².